The molecule has 6 aromatic carbocycles. The van der Waals surface area contributed by atoms with Gasteiger partial charge in [0, 0.05) is 27.8 Å². The number of furan rings is 1. The molecule has 1 aromatic heterocycles. The summed E-state index contributed by atoms with van der Waals surface area (Å²) in [5.41, 5.74) is 9.63. The van der Waals surface area contributed by atoms with Crippen molar-refractivity contribution >= 4 is 51.6 Å². The van der Waals surface area contributed by atoms with Crippen molar-refractivity contribution in [2.45, 2.75) is 38.9 Å². The summed E-state index contributed by atoms with van der Waals surface area (Å²) < 4.78 is 19.4. The molecule has 47 heavy (non-hydrogen) atoms. The van der Waals surface area contributed by atoms with Crippen LogP contribution in [0.2, 0.25) is 0 Å². The number of hydrogen-bond donors (Lipinski definition) is 0. The normalized spacial score (nSPS) is 15.4. The standard InChI is InChI=1S/C42H36BNO3/c1-41(2)42(3,4)47-43(46-41)37-16-11-17-39-40(37)36-28-35(26-27-38(36)45-39)44(33-22-18-31(19-23-33)29-12-7-5-8-13-29)34-24-20-32(21-25-34)30-14-9-6-10-15-30/h5-28H,1-4H3. The van der Waals surface area contributed by atoms with E-state index in [2.05, 4.69) is 154 Å². The fraction of sp³-hybridized carbons (Fsp3) is 0.143. The molecule has 4 nitrogen and oxygen atoms in total. The molecule has 0 N–H and O–H groups in total. The van der Waals surface area contributed by atoms with Gasteiger partial charge in [-0.2, -0.15) is 0 Å². The minimum absolute atomic E-state index is 0.445. The van der Waals surface area contributed by atoms with Crippen molar-refractivity contribution in [3.63, 3.8) is 0 Å². The molecule has 8 rings (SSSR count). The van der Waals surface area contributed by atoms with Crippen LogP contribution in [0.25, 0.3) is 44.2 Å². The number of nitrogens with zero attached hydrogens (tertiary/aromatic N) is 1. The molecule has 1 aliphatic rings. The Balaban J connectivity index is 1.26. The van der Waals surface area contributed by atoms with Crippen molar-refractivity contribution in [1.82, 2.24) is 0 Å². The van der Waals surface area contributed by atoms with Crippen molar-refractivity contribution in [3.8, 4) is 22.3 Å². The van der Waals surface area contributed by atoms with Crippen molar-refractivity contribution in [2.75, 3.05) is 4.90 Å². The van der Waals surface area contributed by atoms with E-state index in [0.717, 1.165) is 44.5 Å². The lowest BCUT2D eigenvalue weighted by atomic mass is 9.76. The number of fused-ring (bicyclic) bond motifs is 3. The van der Waals surface area contributed by atoms with Gasteiger partial charge in [-0.05, 0) is 104 Å². The molecular weight excluding hydrogens is 577 g/mol. The summed E-state index contributed by atoms with van der Waals surface area (Å²) in [6, 6.07) is 51.1. The molecule has 1 saturated heterocycles. The molecule has 0 spiro atoms. The average Bonchev–Trinajstić information content (AvgIpc) is 3.58. The van der Waals surface area contributed by atoms with Gasteiger partial charge in [-0.15, -0.1) is 0 Å². The topological polar surface area (TPSA) is 34.8 Å². The zero-order valence-corrected chi connectivity index (χ0v) is 27.1. The summed E-state index contributed by atoms with van der Waals surface area (Å²) >= 11 is 0. The van der Waals surface area contributed by atoms with Crippen LogP contribution in [0, 0.1) is 0 Å². The summed E-state index contributed by atoms with van der Waals surface area (Å²) in [5.74, 6) is 0. The van der Waals surface area contributed by atoms with E-state index in [-0.39, 0.29) is 0 Å². The number of rotatable bonds is 6. The molecule has 0 bridgehead atoms. The Hall–Kier alpha value is -5.10. The van der Waals surface area contributed by atoms with Crippen LogP contribution in [0.15, 0.2) is 150 Å². The van der Waals surface area contributed by atoms with E-state index in [9.17, 15) is 0 Å². The molecule has 7 aromatic rings. The van der Waals surface area contributed by atoms with Gasteiger partial charge in [-0.3, -0.25) is 0 Å². The highest BCUT2D eigenvalue weighted by molar-refractivity contribution is 6.66. The first kappa shape index (κ1) is 29.3. The summed E-state index contributed by atoms with van der Waals surface area (Å²) in [5, 5.41) is 2.04. The van der Waals surface area contributed by atoms with Gasteiger partial charge in [0.1, 0.15) is 11.2 Å². The molecule has 0 saturated carbocycles. The largest absolute Gasteiger partial charge is 0.495 e. The molecular formula is C42H36BNO3. The maximum absolute atomic E-state index is 6.51. The van der Waals surface area contributed by atoms with Crippen molar-refractivity contribution in [3.05, 3.63) is 146 Å². The Kier molecular flexibility index (Phi) is 7.05. The SMILES string of the molecule is CC1(C)OB(c2cccc3oc4ccc(N(c5ccc(-c6ccccc6)cc5)c5ccc(-c6ccccc6)cc5)cc4c23)OC1(C)C. The first-order valence-corrected chi connectivity index (χ1v) is 16.2. The highest BCUT2D eigenvalue weighted by atomic mass is 16.7. The van der Waals surface area contributed by atoms with E-state index in [1.165, 1.54) is 22.3 Å². The van der Waals surface area contributed by atoms with Crippen molar-refractivity contribution in [1.29, 1.82) is 0 Å². The monoisotopic (exact) mass is 613 g/mol. The summed E-state index contributed by atoms with van der Waals surface area (Å²) in [7, 11) is -0.500. The lowest BCUT2D eigenvalue weighted by Crippen LogP contribution is -2.41. The third-order valence-electron chi connectivity index (χ3n) is 9.74. The molecule has 0 amide bonds. The third kappa shape index (κ3) is 5.22. The smallest absolute Gasteiger partial charge is 0.456 e. The highest BCUT2D eigenvalue weighted by Crippen LogP contribution is 2.41. The van der Waals surface area contributed by atoms with Crippen LogP contribution in [-0.2, 0) is 9.31 Å². The van der Waals surface area contributed by atoms with Crippen molar-refractivity contribution in [2.24, 2.45) is 0 Å². The Morgan fingerprint density at radius 1 is 0.468 bits per heavy atom. The Morgan fingerprint density at radius 3 is 1.49 bits per heavy atom. The van der Waals surface area contributed by atoms with E-state index < -0.39 is 18.3 Å². The van der Waals surface area contributed by atoms with E-state index in [1.54, 1.807) is 0 Å². The zero-order chi connectivity index (χ0) is 32.2. The second kappa shape index (κ2) is 11.3. The van der Waals surface area contributed by atoms with E-state index in [1.807, 2.05) is 24.3 Å². The fourth-order valence-electron chi connectivity index (χ4n) is 6.46. The average molecular weight is 614 g/mol. The second-order valence-corrected chi connectivity index (χ2v) is 13.3. The van der Waals surface area contributed by atoms with E-state index >= 15 is 0 Å². The lowest BCUT2D eigenvalue weighted by molar-refractivity contribution is 0.00578. The van der Waals surface area contributed by atoms with E-state index in [4.69, 9.17) is 13.7 Å². The van der Waals surface area contributed by atoms with Gasteiger partial charge >= 0.3 is 7.12 Å². The Labute approximate surface area is 276 Å². The molecule has 0 atom stereocenters. The Bertz CT molecular complexity index is 2090. The molecule has 0 aliphatic carbocycles. The van der Waals surface area contributed by atoms with Crippen LogP contribution >= 0.6 is 0 Å². The molecule has 0 radical (unpaired) electrons. The van der Waals surface area contributed by atoms with Crippen LogP contribution in [0.3, 0.4) is 0 Å². The van der Waals surface area contributed by atoms with Gasteiger partial charge in [0.2, 0.25) is 0 Å². The van der Waals surface area contributed by atoms with Gasteiger partial charge in [0.15, 0.2) is 0 Å². The number of anilines is 3. The minimum atomic E-state index is -0.500. The van der Waals surface area contributed by atoms with Gasteiger partial charge in [-0.1, -0.05) is 97.1 Å². The van der Waals surface area contributed by atoms with Gasteiger partial charge in [0.05, 0.1) is 11.2 Å². The van der Waals surface area contributed by atoms with Crippen LogP contribution in [0.4, 0.5) is 17.1 Å². The molecule has 230 valence electrons. The maximum atomic E-state index is 6.51. The third-order valence-corrected chi connectivity index (χ3v) is 9.74. The molecule has 0 unspecified atom stereocenters. The van der Waals surface area contributed by atoms with Crippen LogP contribution < -0.4 is 10.4 Å². The van der Waals surface area contributed by atoms with Crippen molar-refractivity contribution < 1.29 is 13.7 Å². The Morgan fingerprint density at radius 2 is 0.957 bits per heavy atom. The quantitative estimate of drug-likeness (QED) is 0.175. The molecule has 1 fully saturated rings. The van der Waals surface area contributed by atoms with Gasteiger partial charge in [-0.25, -0.2) is 0 Å². The van der Waals surface area contributed by atoms with Gasteiger partial charge < -0.3 is 18.6 Å². The van der Waals surface area contributed by atoms with Crippen LogP contribution in [0.1, 0.15) is 27.7 Å². The maximum Gasteiger partial charge on any atom is 0.495 e. The summed E-state index contributed by atoms with van der Waals surface area (Å²) in [4.78, 5) is 2.30. The molecule has 5 heteroatoms. The zero-order valence-electron chi connectivity index (χ0n) is 27.1. The summed E-state index contributed by atoms with van der Waals surface area (Å²) in [6.45, 7) is 8.34. The number of hydrogen-bond acceptors (Lipinski definition) is 4. The summed E-state index contributed by atoms with van der Waals surface area (Å²) in [6.07, 6.45) is 0. The number of benzene rings is 6. The van der Waals surface area contributed by atoms with E-state index in [0.29, 0.717) is 0 Å². The van der Waals surface area contributed by atoms with Crippen LogP contribution in [-0.4, -0.2) is 18.3 Å². The lowest BCUT2D eigenvalue weighted by Gasteiger charge is -2.32. The first-order chi connectivity index (χ1) is 22.8. The predicted octanol–water partition coefficient (Wildman–Crippen LogP) is 10.7. The highest BCUT2D eigenvalue weighted by Gasteiger charge is 2.52. The second-order valence-electron chi connectivity index (χ2n) is 13.3. The molecule has 1 aliphatic heterocycles. The minimum Gasteiger partial charge on any atom is -0.456 e. The first-order valence-electron chi connectivity index (χ1n) is 16.2. The fourth-order valence-corrected chi connectivity index (χ4v) is 6.46. The predicted molar refractivity (Wildman–Crippen MR) is 195 cm³/mol. The van der Waals surface area contributed by atoms with Crippen LogP contribution in [0.5, 0.6) is 0 Å². The molecule has 2 heterocycles. The van der Waals surface area contributed by atoms with Gasteiger partial charge in [0.25, 0.3) is 0 Å².